The van der Waals surface area contributed by atoms with Crippen LogP contribution in [0, 0.1) is 13.8 Å². The van der Waals surface area contributed by atoms with E-state index in [0.29, 0.717) is 0 Å². The number of nitrogens with zero attached hydrogens (tertiary/aromatic N) is 2. The van der Waals surface area contributed by atoms with E-state index >= 15 is 0 Å². The third-order valence-electron chi connectivity index (χ3n) is 5.58. The molecule has 0 atom stereocenters. The number of thiophene rings is 1. The SMILES string of the molecule is Cc1sc2c(-c3ccc4c(c3)oc3ccc5ccccc5c34)ncnc2c1C. The standard InChI is InChI=1S/C24H16N2OS/c1-13-14(2)28-24-22(13)25-12-26-23(24)16-7-9-18-20(11-16)27-19-10-8-15-5-3-4-6-17(15)21(18)19/h3-12H,1-2H3. The first kappa shape index (κ1) is 15.8. The highest BCUT2D eigenvalue weighted by atomic mass is 32.1. The minimum Gasteiger partial charge on any atom is -0.456 e. The van der Waals surface area contributed by atoms with Gasteiger partial charge in [0.2, 0.25) is 0 Å². The van der Waals surface area contributed by atoms with Crippen molar-refractivity contribution in [1.29, 1.82) is 0 Å². The molecule has 6 rings (SSSR count). The Morgan fingerprint density at radius 1 is 0.857 bits per heavy atom. The van der Waals surface area contributed by atoms with Gasteiger partial charge in [-0.15, -0.1) is 11.3 Å². The Hall–Kier alpha value is -3.24. The Bertz CT molecular complexity index is 1540. The number of hydrogen-bond donors (Lipinski definition) is 0. The van der Waals surface area contributed by atoms with Crippen LogP contribution in [0.2, 0.25) is 0 Å². The molecule has 3 aromatic carbocycles. The van der Waals surface area contributed by atoms with Crippen molar-refractivity contribution in [2.75, 3.05) is 0 Å². The molecule has 0 aliphatic carbocycles. The molecule has 0 amide bonds. The summed E-state index contributed by atoms with van der Waals surface area (Å²) < 4.78 is 7.36. The molecule has 0 unspecified atom stereocenters. The highest BCUT2D eigenvalue weighted by Gasteiger charge is 2.15. The molecule has 134 valence electrons. The van der Waals surface area contributed by atoms with Gasteiger partial charge in [0.15, 0.2) is 0 Å². The van der Waals surface area contributed by atoms with Gasteiger partial charge in [-0.05, 0) is 48.4 Å². The summed E-state index contributed by atoms with van der Waals surface area (Å²) in [6.07, 6.45) is 1.66. The number of furan rings is 1. The van der Waals surface area contributed by atoms with Crippen molar-refractivity contribution in [3.63, 3.8) is 0 Å². The highest BCUT2D eigenvalue weighted by Crippen LogP contribution is 2.39. The molecular weight excluding hydrogens is 364 g/mol. The summed E-state index contributed by atoms with van der Waals surface area (Å²) in [6.45, 7) is 4.26. The predicted molar refractivity (Wildman–Crippen MR) is 117 cm³/mol. The molecule has 0 saturated heterocycles. The zero-order chi connectivity index (χ0) is 18.8. The van der Waals surface area contributed by atoms with E-state index in [4.69, 9.17) is 4.42 Å². The van der Waals surface area contributed by atoms with Gasteiger partial charge in [0.05, 0.1) is 15.9 Å². The van der Waals surface area contributed by atoms with Gasteiger partial charge in [-0.3, -0.25) is 0 Å². The average Bonchev–Trinajstić information content (AvgIpc) is 3.25. The van der Waals surface area contributed by atoms with E-state index in [9.17, 15) is 0 Å². The first-order valence-corrected chi connectivity index (χ1v) is 10.1. The molecule has 3 nitrogen and oxygen atoms in total. The van der Waals surface area contributed by atoms with Crippen molar-refractivity contribution in [2.24, 2.45) is 0 Å². The van der Waals surface area contributed by atoms with Gasteiger partial charge >= 0.3 is 0 Å². The van der Waals surface area contributed by atoms with Gasteiger partial charge in [0, 0.05) is 21.2 Å². The molecule has 0 radical (unpaired) electrons. The van der Waals surface area contributed by atoms with Crippen LogP contribution in [0.4, 0.5) is 0 Å². The average molecular weight is 380 g/mol. The van der Waals surface area contributed by atoms with Gasteiger partial charge < -0.3 is 4.42 Å². The Balaban J connectivity index is 1.65. The minimum absolute atomic E-state index is 0.889. The second-order valence-corrected chi connectivity index (χ2v) is 8.38. The summed E-state index contributed by atoms with van der Waals surface area (Å²) in [5.74, 6) is 0. The lowest BCUT2D eigenvalue weighted by molar-refractivity contribution is 0.669. The van der Waals surface area contributed by atoms with Crippen molar-refractivity contribution in [1.82, 2.24) is 9.97 Å². The zero-order valence-electron chi connectivity index (χ0n) is 15.5. The smallest absolute Gasteiger partial charge is 0.136 e. The zero-order valence-corrected chi connectivity index (χ0v) is 16.3. The summed E-state index contributed by atoms with van der Waals surface area (Å²) in [5.41, 5.74) is 6.12. The first-order chi connectivity index (χ1) is 13.7. The van der Waals surface area contributed by atoms with Crippen LogP contribution in [0.25, 0.3) is 54.2 Å². The predicted octanol–water partition coefficient (Wildman–Crippen LogP) is 7.03. The maximum absolute atomic E-state index is 6.22. The molecule has 0 fully saturated rings. The van der Waals surface area contributed by atoms with Crippen LogP contribution in [0.1, 0.15) is 10.4 Å². The van der Waals surface area contributed by atoms with Crippen molar-refractivity contribution in [3.8, 4) is 11.3 Å². The van der Waals surface area contributed by atoms with Crippen LogP contribution in [-0.4, -0.2) is 9.97 Å². The highest BCUT2D eigenvalue weighted by molar-refractivity contribution is 7.19. The maximum Gasteiger partial charge on any atom is 0.136 e. The topological polar surface area (TPSA) is 38.9 Å². The lowest BCUT2D eigenvalue weighted by Crippen LogP contribution is -1.86. The quantitative estimate of drug-likeness (QED) is 0.307. The first-order valence-electron chi connectivity index (χ1n) is 9.26. The van der Waals surface area contributed by atoms with Crippen LogP contribution in [-0.2, 0) is 0 Å². The third-order valence-corrected chi connectivity index (χ3v) is 6.78. The molecule has 0 spiro atoms. The van der Waals surface area contributed by atoms with Gasteiger partial charge in [-0.25, -0.2) is 9.97 Å². The normalized spacial score (nSPS) is 11.9. The maximum atomic E-state index is 6.22. The molecule has 28 heavy (non-hydrogen) atoms. The summed E-state index contributed by atoms with van der Waals surface area (Å²) in [6, 6.07) is 19.0. The number of benzene rings is 3. The molecule has 0 aliphatic heterocycles. The van der Waals surface area contributed by atoms with Gasteiger partial charge in [-0.2, -0.15) is 0 Å². The van der Waals surface area contributed by atoms with Crippen molar-refractivity contribution in [3.05, 3.63) is 71.4 Å². The van der Waals surface area contributed by atoms with Gasteiger partial charge in [0.1, 0.15) is 17.5 Å². The van der Waals surface area contributed by atoms with E-state index < -0.39 is 0 Å². The Morgan fingerprint density at radius 3 is 2.68 bits per heavy atom. The largest absolute Gasteiger partial charge is 0.456 e. The fraction of sp³-hybridized carbons (Fsp3) is 0.0833. The summed E-state index contributed by atoms with van der Waals surface area (Å²) in [5, 5.41) is 4.76. The van der Waals surface area contributed by atoms with E-state index in [-0.39, 0.29) is 0 Å². The fourth-order valence-electron chi connectivity index (χ4n) is 4.03. The van der Waals surface area contributed by atoms with Gasteiger partial charge in [-0.1, -0.05) is 36.4 Å². The fourth-order valence-corrected chi connectivity index (χ4v) is 5.16. The summed E-state index contributed by atoms with van der Waals surface area (Å²) >= 11 is 1.76. The van der Waals surface area contributed by atoms with Gasteiger partial charge in [0.25, 0.3) is 0 Å². The van der Waals surface area contributed by atoms with E-state index in [1.807, 2.05) is 0 Å². The molecule has 0 bridgehead atoms. The number of hydrogen-bond acceptors (Lipinski definition) is 4. The van der Waals surface area contributed by atoms with Crippen LogP contribution >= 0.6 is 11.3 Å². The summed E-state index contributed by atoms with van der Waals surface area (Å²) in [4.78, 5) is 10.4. The van der Waals surface area contributed by atoms with Crippen LogP contribution < -0.4 is 0 Å². The van der Waals surface area contributed by atoms with Crippen molar-refractivity contribution >= 4 is 54.3 Å². The number of fused-ring (bicyclic) bond motifs is 6. The second kappa shape index (κ2) is 5.63. The van der Waals surface area contributed by atoms with Crippen molar-refractivity contribution in [2.45, 2.75) is 13.8 Å². The van der Waals surface area contributed by atoms with E-state index in [1.165, 1.54) is 26.6 Å². The van der Waals surface area contributed by atoms with Crippen LogP contribution in [0.3, 0.4) is 0 Å². The Labute approximate surface area is 165 Å². The molecule has 0 N–H and O–H groups in total. The van der Waals surface area contributed by atoms with E-state index in [0.717, 1.165) is 38.0 Å². The lowest BCUT2D eigenvalue weighted by atomic mass is 10.0. The number of aryl methyl sites for hydroxylation is 2. The second-order valence-electron chi connectivity index (χ2n) is 7.16. The van der Waals surface area contributed by atoms with Crippen LogP contribution in [0.15, 0.2) is 65.3 Å². The number of aromatic nitrogens is 2. The minimum atomic E-state index is 0.889. The Morgan fingerprint density at radius 2 is 1.75 bits per heavy atom. The van der Waals surface area contributed by atoms with Crippen molar-refractivity contribution < 1.29 is 4.42 Å². The Kier molecular flexibility index (Phi) is 3.17. The van der Waals surface area contributed by atoms with E-state index in [1.54, 1.807) is 17.7 Å². The molecule has 0 aliphatic rings. The number of rotatable bonds is 1. The monoisotopic (exact) mass is 380 g/mol. The van der Waals surface area contributed by atoms with Crippen LogP contribution in [0.5, 0.6) is 0 Å². The molecule has 6 aromatic rings. The molecule has 4 heteroatoms. The third kappa shape index (κ3) is 2.09. The molecule has 3 aromatic heterocycles. The van der Waals surface area contributed by atoms with E-state index in [2.05, 4.69) is 78.4 Å². The molecule has 0 saturated carbocycles. The molecule has 3 heterocycles. The summed E-state index contributed by atoms with van der Waals surface area (Å²) in [7, 11) is 0. The molecular formula is C24H16N2OS. The lowest BCUT2D eigenvalue weighted by Gasteiger charge is -2.02.